The normalized spacial score (nSPS) is 10.8. The zero-order chi connectivity index (χ0) is 16.6. The van der Waals surface area contributed by atoms with Gasteiger partial charge >= 0.3 is 6.92 Å². The van der Waals surface area contributed by atoms with Gasteiger partial charge in [-0.1, -0.05) is 30.6 Å². The number of nitrogens with two attached hydrogens (primary N) is 1. The Morgan fingerprint density at radius 2 is 1.96 bits per heavy atom. The van der Waals surface area contributed by atoms with Crippen LogP contribution in [0.4, 0.5) is 5.82 Å². The lowest BCUT2D eigenvalue weighted by Crippen LogP contribution is -2.29. The van der Waals surface area contributed by atoms with Crippen molar-refractivity contribution in [1.29, 1.82) is 0 Å². The van der Waals surface area contributed by atoms with Gasteiger partial charge in [0, 0.05) is 17.1 Å². The summed E-state index contributed by atoms with van der Waals surface area (Å²) in [7, 11) is 1.66. The molecule has 23 heavy (non-hydrogen) atoms. The minimum atomic E-state index is -0.528. The van der Waals surface area contributed by atoms with E-state index in [1.54, 1.807) is 20.1 Å². The highest BCUT2D eigenvalue weighted by molar-refractivity contribution is 6.65. The van der Waals surface area contributed by atoms with Gasteiger partial charge in [0.25, 0.3) is 0 Å². The predicted molar refractivity (Wildman–Crippen MR) is 96.4 cm³/mol. The minimum Gasteiger partial charge on any atom is -0.496 e. The van der Waals surface area contributed by atoms with Crippen molar-refractivity contribution in [3.05, 3.63) is 48.2 Å². The van der Waals surface area contributed by atoms with Crippen molar-refractivity contribution >= 4 is 29.0 Å². The van der Waals surface area contributed by atoms with Crippen LogP contribution in [-0.4, -0.2) is 24.0 Å². The monoisotopic (exact) mass is 306 g/mol. The van der Waals surface area contributed by atoms with Crippen LogP contribution in [0.2, 0.25) is 6.82 Å². The molecule has 4 nitrogen and oxygen atoms in total. The molecule has 0 bridgehead atoms. The van der Waals surface area contributed by atoms with E-state index in [2.05, 4.69) is 11.1 Å². The fraction of sp³-hybridized carbons (Fsp3) is 0.167. The van der Waals surface area contributed by atoms with Crippen LogP contribution in [0, 0.1) is 6.92 Å². The zero-order valence-electron chi connectivity index (χ0n) is 13.5. The zero-order valence-corrected chi connectivity index (χ0v) is 13.5. The maximum absolute atomic E-state index is 9.98. The fourth-order valence-electron chi connectivity index (χ4n) is 2.91. The maximum Gasteiger partial charge on any atom is 0.320 e. The Kier molecular flexibility index (Phi) is 3.97. The molecule has 0 unspecified atom stereocenters. The predicted octanol–water partition coefficient (Wildman–Crippen LogP) is 2.62. The van der Waals surface area contributed by atoms with E-state index in [9.17, 15) is 5.02 Å². The number of aromatic nitrogens is 1. The third-order valence-electron chi connectivity index (χ3n) is 4.14. The topological polar surface area (TPSA) is 68.4 Å². The Balaban J connectivity index is 2.23. The third-order valence-corrected chi connectivity index (χ3v) is 4.14. The first-order valence-corrected chi connectivity index (χ1v) is 7.52. The number of pyridine rings is 1. The van der Waals surface area contributed by atoms with Crippen molar-refractivity contribution in [2.45, 2.75) is 13.7 Å². The summed E-state index contributed by atoms with van der Waals surface area (Å²) in [4.78, 5) is 4.11. The molecule has 1 aromatic heterocycles. The van der Waals surface area contributed by atoms with Gasteiger partial charge < -0.3 is 15.5 Å². The molecule has 0 fully saturated rings. The van der Waals surface area contributed by atoms with Gasteiger partial charge in [0.15, 0.2) is 0 Å². The average molecular weight is 306 g/mol. The van der Waals surface area contributed by atoms with Crippen molar-refractivity contribution in [2.75, 3.05) is 12.8 Å². The third kappa shape index (κ3) is 2.75. The van der Waals surface area contributed by atoms with Crippen LogP contribution in [0.25, 0.3) is 21.9 Å². The number of aryl methyl sites for hydroxylation is 1. The van der Waals surface area contributed by atoms with Crippen molar-refractivity contribution in [3.63, 3.8) is 0 Å². The van der Waals surface area contributed by atoms with Gasteiger partial charge in [-0.3, -0.25) is 0 Å². The highest BCUT2D eigenvalue weighted by atomic mass is 16.5. The molecule has 3 rings (SSSR count). The fourth-order valence-corrected chi connectivity index (χ4v) is 2.91. The smallest absolute Gasteiger partial charge is 0.320 e. The number of ether oxygens (including phenoxy) is 1. The first-order chi connectivity index (χ1) is 11.0. The minimum absolute atomic E-state index is 0.523. The van der Waals surface area contributed by atoms with Gasteiger partial charge in [-0.25, -0.2) is 4.98 Å². The summed E-state index contributed by atoms with van der Waals surface area (Å²) in [5, 5.41) is 11.9. The van der Waals surface area contributed by atoms with Crippen LogP contribution in [-0.2, 0) is 0 Å². The van der Waals surface area contributed by atoms with Gasteiger partial charge in [0.2, 0.25) is 0 Å². The second-order valence-corrected chi connectivity index (χ2v) is 5.72. The van der Waals surface area contributed by atoms with Crippen LogP contribution in [0.1, 0.15) is 5.56 Å². The molecule has 0 amide bonds. The largest absolute Gasteiger partial charge is 0.496 e. The average Bonchev–Trinajstić information content (AvgIpc) is 2.54. The summed E-state index contributed by atoms with van der Waals surface area (Å²) in [5.41, 5.74) is 9.79. The van der Waals surface area contributed by atoms with Gasteiger partial charge in [-0.2, -0.15) is 0 Å². The highest BCUT2D eigenvalue weighted by Crippen LogP contribution is 2.33. The molecule has 0 spiro atoms. The van der Waals surface area contributed by atoms with Crippen LogP contribution in [0.15, 0.2) is 42.6 Å². The van der Waals surface area contributed by atoms with Crippen LogP contribution in [0.3, 0.4) is 0 Å². The SMILES string of the molecule is COc1cc(C)c(B(C)O)cc1-c1ccc2c(N)nccc2c1. The Hall–Kier alpha value is -2.53. The standard InChI is InChI=1S/C18H19BN2O2/c1-11-8-17(23-3)15(10-16(11)19(2)22)12-4-5-14-13(9-12)6-7-21-18(14)20/h4-10,22H,1-3H3,(H2,20,21). The Morgan fingerprint density at radius 3 is 2.65 bits per heavy atom. The molecular weight excluding hydrogens is 287 g/mol. The number of anilines is 1. The first kappa shape index (κ1) is 15.4. The molecule has 0 saturated carbocycles. The molecule has 3 aromatic rings. The van der Waals surface area contributed by atoms with E-state index in [0.29, 0.717) is 5.82 Å². The first-order valence-electron chi connectivity index (χ1n) is 7.52. The van der Waals surface area contributed by atoms with E-state index in [1.165, 1.54) is 0 Å². The molecule has 0 saturated heterocycles. The van der Waals surface area contributed by atoms with E-state index in [1.807, 2.05) is 37.3 Å². The molecule has 2 aromatic carbocycles. The maximum atomic E-state index is 9.98. The second-order valence-electron chi connectivity index (χ2n) is 5.72. The molecule has 116 valence electrons. The highest BCUT2D eigenvalue weighted by Gasteiger charge is 2.16. The Bertz CT molecular complexity index is 878. The van der Waals surface area contributed by atoms with Crippen molar-refractivity contribution < 1.29 is 9.76 Å². The Morgan fingerprint density at radius 1 is 1.17 bits per heavy atom. The second kappa shape index (κ2) is 5.93. The summed E-state index contributed by atoms with van der Waals surface area (Å²) < 4.78 is 5.53. The summed E-state index contributed by atoms with van der Waals surface area (Å²) >= 11 is 0. The lowest BCUT2D eigenvalue weighted by Gasteiger charge is -2.15. The van der Waals surface area contributed by atoms with Crippen molar-refractivity contribution in [1.82, 2.24) is 4.98 Å². The van der Waals surface area contributed by atoms with Gasteiger partial charge in [-0.05, 0) is 41.5 Å². The summed E-state index contributed by atoms with van der Waals surface area (Å²) in [5.74, 6) is 1.31. The van der Waals surface area contributed by atoms with Crippen LogP contribution >= 0.6 is 0 Å². The van der Waals surface area contributed by atoms with E-state index >= 15 is 0 Å². The molecule has 0 aliphatic heterocycles. The van der Waals surface area contributed by atoms with Crippen molar-refractivity contribution in [3.8, 4) is 16.9 Å². The summed E-state index contributed by atoms with van der Waals surface area (Å²) in [6.45, 7) is 3.21. The molecule has 3 N–H and O–H groups in total. The number of rotatable bonds is 3. The number of hydrogen-bond donors (Lipinski definition) is 2. The molecule has 0 aliphatic rings. The lowest BCUT2D eigenvalue weighted by molar-refractivity contribution is 0.416. The van der Waals surface area contributed by atoms with Crippen molar-refractivity contribution in [2.24, 2.45) is 0 Å². The van der Waals surface area contributed by atoms with Gasteiger partial charge in [0.05, 0.1) is 7.11 Å². The van der Waals surface area contributed by atoms with Gasteiger partial charge in [-0.15, -0.1) is 0 Å². The molecule has 0 atom stereocenters. The van der Waals surface area contributed by atoms with Gasteiger partial charge in [0.1, 0.15) is 11.6 Å². The molecular formula is C18H19BN2O2. The number of hydrogen-bond acceptors (Lipinski definition) is 4. The van der Waals surface area contributed by atoms with Crippen LogP contribution < -0.4 is 15.9 Å². The molecule has 1 heterocycles. The van der Waals surface area contributed by atoms with E-state index in [4.69, 9.17) is 10.5 Å². The molecule has 5 heteroatoms. The summed E-state index contributed by atoms with van der Waals surface area (Å²) in [6, 6.07) is 11.9. The number of fused-ring (bicyclic) bond motifs is 1. The molecule has 0 radical (unpaired) electrons. The Labute approximate surface area is 136 Å². The molecule has 0 aliphatic carbocycles. The number of methoxy groups -OCH3 is 1. The summed E-state index contributed by atoms with van der Waals surface area (Å²) in [6.07, 6.45) is 1.70. The van der Waals surface area contributed by atoms with E-state index in [0.717, 1.165) is 38.7 Å². The van der Waals surface area contributed by atoms with Crippen LogP contribution in [0.5, 0.6) is 5.75 Å². The van der Waals surface area contributed by atoms with E-state index < -0.39 is 6.92 Å². The quantitative estimate of drug-likeness (QED) is 0.730. The number of nitrogens with zero attached hydrogens (tertiary/aromatic N) is 1. The number of nitrogen functional groups attached to an aromatic ring is 1. The van der Waals surface area contributed by atoms with E-state index in [-0.39, 0.29) is 0 Å². The number of benzene rings is 2. The lowest BCUT2D eigenvalue weighted by atomic mass is 9.62.